The highest BCUT2D eigenvalue weighted by Crippen LogP contribution is 2.25. The summed E-state index contributed by atoms with van der Waals surface area (Å²) in [5, 5.41) is 10.8. The van der Waals surface area contributed by atoms with Crippen LogP contribution in [0.3, 0.4) is 0 Å². The van der Waals surface area contributed by atoms with Gasteiger partial charge in [0.2, 0.25) is 0 Å². The van der Waals surface area contributed by atoms with E-state index in [4.69, 9.17) is 0 Å². The lowest BCUT2D eigenvalue weighted by Gasteiger charge is -2.13. The smallest absolute Gasteiger partial charge is 0.322 e. The molecule has 9 heteroatoms. The lowest BCUT2D eigenvalue weighted by molar-refractivity contribution is 0.102. The average molecular weight is 407 g/mol. The monoisotopic (exact) mass is 407 g/mol. The zero-order valence-electron chi connectivity index (χ0n) is 16.2. The Balaban J connectivity index is 1.64. The van der Waals surface area contributed by atoms with E-state index < -0.39 is 5.76 Å². The average Bonchev–Trinajstić information content (AvgIpc) is 3.35. The van der Waals surface area contributed by atoms with Crippen LogP contribution in [-0.2, 0) is 0 Å². The molecule has 2 aromatic heterocycles. The summed E-state index contributed by atoms with van der Waals surface area (Å²) in [6.45, 7) is 3.91. The minimum Gasteiger partial charge on any atom is -0.322 e. The number of halogens is 1. The molecule has 1 amide bonds. The number of rotatable bonds is 5. The lowest BCUT2D eigenvalue weighted by atomic mass is 10.0. The number of anilines is 1. The molecule has 0 radical (unpaired) electrons. The van der Waals surface area contributed by atoms with Crippen molar-refractivity contribution in [2.45, 2.75) is 19.8 Å². The maximum absolute atomic E-state index is 13.3. The fourth-order valence-corrected chi connectivity index (χ4v) is 3.17. The van der Waals surface area contributed by atoms with Gasteiger partial charge in [-0.2, -0.15) is 5.10 Å². The van der Waals surface area contributed by atoms with Gasteiger partial charge in [-0.05, 0) is 42.3 Å². The highest BCUT2D eigenvalue weighted by atomic mass is 19.1. The molecule has 0 saturated carbocycles. The molecule has 4 aromatic rings. The first-order chi connectivity index (χ1) is 14.4. The zero-order valence-corrected chi connectivity index (χ0v) is 16.2. The largest absolute Gasteiger partial charge is 0.439 e. The van der Waals surface area contributed by atoms with E-state index >= 15 is 0 Å². The van der Waals surface area contributed by atoms with Crippen molar-refractivity contribution in [1.29, 1.82) is 0 Å². The van der Waals surface area contributed by atoms with Crippen molar-refractivity contribution in [3.05, 3.63) is 82.4 Å². The van der Waals surface area contributed by atoms with Gasteiger partial charge in [-0.1, -0.05) is 31.1 Å². The molecule has 2 heterocycles. The summed E-state index contributed by atoms with van der Waals surface area (Å²) in [5.74, 6) is -1.08. The number of carbonyl (C=O) groups excluding carboxylic acids is 1. The van der Waals surface area contributed by atoms with Crippen LogP contribution in [0.4, 0.5) is 10.1 Å². The molecule has 0 aliphatic rings. The molecule has 30 heavy (non-hydrogen) atoms. The first-order valence-electron chi connectivity index (χ1n) is 9.24. The normalized spacial score (nSPS) is 11.1. The molecular weight excluding hydrogens is 389 g/mol. The maximum atomic E-state index is 13.3. The van der Waals surface area contributed by atoms with Gasteiger partial charge in [-0.3, -0.25) is 14.3 Å². The minimum atomic E-state index is -0.658. The van der Waals surface area contributed by atoms with Gasteiger partial charge in [0.05, 0.1) is 23.1 Å². The van der Waals surface area contributed by atoms with E-state index in [0.717, 1.165) is 0 Å². The Morgan fingerprint density at radius 3 is 2.63 bits per heavy atom. The molecule has 0 aliphatic carbocycles. The quantitative estimate of drug-likeness (QED) is 0.524. The Kier molecular flexibility index (Phi) is 5.01. The van der Waals surface area contributed by atoms with Crippen LogP contribution in [0.1, 0.15) is 35.8 Å². The number of hydrogen-bond donors (Lipinski definition) is 2. The zero-order chi connectivity index (χ0) is 21.3. The van der Waals surface area contributed by atoms with Crippen molar-refractivity contribution in [2.75, 3.05) is 5.32 Å². The number of hydrogen-bond acceptors (Lipinski definition) is 5. The number of nitrogens with one attached hydrogen (secondary N) is 2. The van der Waals surface area contributed by atoms with E-state index in [1.807, 2.05) is 13.8 Å². The molecule has 0 spiro atoms. The minimum absolute atomic E-state index is 0.00940. The van der Waals surface area contributed by atoms with Crippen LogP contribution in [0.25, 0.3) is 17.1 Å². The molecule has 0 aliphatic heterocycles. The molecule has 8 nitrogen and oxygen atoms in total. The van der Waals surface area contributed by atoms with Crippen LogP contribution < -0.4 is 11.1 Å². The van der Waals surface area contributed by atoms with Crippen LogP contribution in [0, 0.1) is 5.82 Å². The standard InChI is InChI=1S/C21H18FN5O3/c1-12(2)18-17(11-23-27(18)16-8-6-14(22)7-9-16)20(28)24-15-5-3-4-13(10-15)19-25-21(29)30-26-19/h3-12H,1-2H3,(H,24,28)(H,25,26,29). The molecule has 4 rings (SSSR count). The number of carbonyl (C=O) groups is 1. The second kappa shape index (κ2) is 7.78. The Morgan fingerprint density at radius 1 is 1.20 bits per heavy atom. The van der Waals surface area contributed by atoms with Crippen molar-refractivity contribution >= 4 is 11.6 Å². The topological polar surface area (TPSA) is 106 Å². The number of nitrogens with zero attached hydrogens (tertiary/aromatic N) is 3. The van der Waals surface area contributed by atoms with Crippen molar-refractivity contribution in [3.8, 4) is 17.1 Å². The molecule has 0 fully saturated rings. The van der Waals surface area contributed by atoms with Crippen LogP contribution in [0.5, 0.6) is 0 Å². The number of amides is 1. The molecular formula is C21H18FN5O3. The fraction of sp³-hybridized carbons (Fsp3) is 0.143. The fourth-order valence-electron chi connectivity index (χ4n) is 3.17. The van der Waals surface area contributed by atoms with Crippen LogP contribution >= 0.6 is 0 Å². The van der Waals surface area contributed by atoms with Crippen LogP contribution in [0.15, 0.2) is 64.0 Å². The summed E-state index contributed by atoms with van der Waals surface area (Å²) >= 11 is 0. The Labute approximate surface area is 170 Å². The Hall–Kier alpha value is -4.01. The molecule has 152 valence electrons. The molecule has 0 atom stereocenters. The Morgan fingerprint density at radius 2 is 1.97 bits per heavy atom. The van der Waals surface area contributed by atoms with Gasteiger partial charge in [0.1, 0.15) is 5.82 Å². The highest BCUT2D eigenvalue weighted by Gasteiger charge is 2.21. The van der Waals surface area contributed by atoms with Crippen LogP contribution in [0.2, 0.25) is 0 Å². The summed E-state index contributed by atoms with van der Waals surface area (Å²) in [5.41, 5.74) is 2.89. The van der Waals surface area contributed by atoms with E-state index in [-0.39, 0.29) is 23.5 Å². The van der Waals surface area contributed by atoms with Gasteiger partial charge in [-0.15, -0.1) is 0 Å². The number of H-pyrrole nitrogens is 1. The number of benzene rings is 2. The maximum Gasteiger partial charge on any atom is 0.439 e. The number of aromatic amines is 1. The third-order valence-corrected chi connectivity index (χ3v) is 4.50. The van der Waals surface area contributed by atoms with Gasteiger partial charge in [0.25, 0.3) is 5.91 Å². The van der Waals surface area contributed by atoms with Crippen molar-refractivity contribution in [1.82, 2.24) is 19.9 Å². The second-order valence-corrected chi connectivity index (χ2v) is 6.96. The summed E-state index contributed by atoms with van der Waals surface area (Å²) in [7, 11) is 0. The summed E-state index contributed by atoms with van der Waals surface area (Å²) in [6.07, 6.45) is 1.49. The first kappa shape index (κ1) is 19.3. The summed E-state index contributed by atoms with van der Waals surface area (Å²) in [4.78, 5) is 26.6. The van der Waals surface area contributed by atoms with E-state index in [9.17, 15) is 14.0 Å². The second-order valence-electron chi connectivity index (χ2n) is 6.96. The van der Waals surface area contributed by atoms with Gasteiger partial charge >= 0.3 is 5.76 Å². The van der Waals surface area contributed by atoms with E-state index in [1.165, 1.54) is 18.3 Å². The van der Waals surface area contributed by atoms with Gasteiger partial charge in [0, 0.05) is 11.3 Å². The third kappa shape index (κ3) is 3.77. The SMILES string of the molecule is CC(C)c1c(C(=O)Nc2cccc(-c3noc(=O)[nH]3)c2)cnn1-c1ccc(F)cc1. The van der Waals surface area contributed by atoms with Crippen molar-refractivity contribution in [3.63, 3.8) is 0 Å². The van der Waals surface area contributed by atoms with Gasteiger partial charge < -0.3 is 5.32 Å². The van der Waals surface area contributed by atoms with Crippen LogP contribution in [-0.4, -0.2) is 25.8 Å². The van der Waals surface area contributed by atoms with E-state index in [1.54, 1.807) is 41.1 Å². The predicted molar refractivity (Wildman–Crippen MR) is 108 cm³/mol. The van der Waals surface area contributed by atoms with E-state index in [2.05, 4.69) is 25.1 Å². The first-order valence-corrected chi connectivity index (χ1v) is 9.24. The van der Waals surface area contributed by atoms with Gasteiger partial charge in [0.15, 0.2) is 5.82 Å². The molecule has 0 unspecified atom stereocenters. The summed E-state index contributed by atoms with van der Waals surface area (Å²) < 4.78 is 19.4. The van der Waals surface area contributed by atoms with Gasteiger partial charge in [-0.25, -0.2) is 13.9 Å². The van der Waals surface area contributed by atoms with Crippen molar-refractivity contribution < 1.29 is 13.7 Å². The molecule has 0 bridgehead atoms. The highest BCUT2D eigenvalue weighted by molar-refractivity contribution is 6.05. The predicted octanol–water partition coefficient (Wildman–Crippen LogP) is 3.73. The number of aromatic nitrogens is 4. The molecule has 2 aromatic carbocycles. The molecule has 0 saturated heterocycles. The summed E-state index contributed by atoms with van der Waals surface area (Å²) in [6, 6.07) is 12.8. The van der Waals surface area contributed by atoms with E-state index in [0.29, 0.717) is 28.2 Å². The lowest BCUT2D eigenvalue weighted by Crippen LogP contribution is -2.15. The van der Waals surface area contributed by atoms with Crippen molar-refractivity contribution in [2.24, 2.45) is 0 Å². The third-order valence-electron chi connectivity index (χ3n) is 4.50. The Bertz CT molecular complexity index is 1250. The molecule has 2 N–H and O–H groups in total.